The van der Waals surface area contributed by atoms with E-state index in [1.165, 1.54) is 25.7 Å². The minimum Gasteiger partial charge on any atom is -0.481 e. The third-order valence-electron chi connectivity index (χ3n) is 9.00. The number of carboxylic acid groups (broad SMARTS) is 1. The molecule has 0 aliphatic heterocycles. The molecule has 0 aromatic carbocycles. The van der Waals surface area contributed by atoms with Gasteiger partial charge in [-0.05, 0) is 102 Å². The summed E-state index contributed by atoms with van der Waals surface area (Å²) in [6.07, 6.45) is 9.80. The maximum atomic E-state index is 13.1. The second-order valence-electron chi connectivity index (χ2n) is 11.2. The number of nitrogens with one attached hydrogen (secondary N) is 2. The number of carbonyl (C=O) groups is 3. The highest BCUT2D eigenvalue weighted by atomic mass is 16.4. The maximum Gasteiger partial charge on any atom is 0.307 e. The molecule has 3 rings (SSSR count). The quantitative estimate of drug-likeness (QED) is 0.547. The molecule has 3 aliphatic carbocycles. The summed E-state index contributed by atoms with van der Waals surface area (Å²) in [6, 6.07) is 0.776. The first-order valence-corrected chi connectivity index (χ1v) is 12.9. The molecule has 0 saturated heterocycles. The molecule has 182 valence electrons. The smallest absolute Gasteiger partial charge is 0.307 e. The van der Waals surface area contributed by atoms with Crippen molar-refractivity contribution in [2.75, 3.05) is 7.05 Å². The van der Waals surface area contributed by atoms with Crippen LogP contribution in [0.2, 0.25) is 0 Å². The van der Waals surface area contributed by atoms with Gasteiger partial charge in [-0.2, -0.15) is 0 Å². The fraction of sp³-hybridized carbons (Fsp3) is 0.885. The van der Waals surface area contributed by atoms with Crippen LogP contribution < -0.4 is 10.6 Å². The monoisotopic (exact) mass is 448 g/mol. The number of carboxylic acids is 1. The fourth-order valence-corrected chi connectivity index (χ4v) is 6.97. The zero-order valence-corrected chi connectivity index (χ0v) is 20.4. The van der Waals surface area contributed by atoms with Crippen molar-refractivity contribution in [3.63, 3.8) is 0 Å². The van der Waals surface area contributed by atoms with Crippen LogP contribution in [0.25, 0.3) is 0 Å². The standard InChI is InChI=1S/C26H44N2O4/c1-15-11-18(5-9-23(15)27-4)13-19-6-10-24(16(2)12-19)28-25(30)22-14-20(17(3)29)7-8-21(22)26(31)32/h15-16,18-24,27H,5-14H2,1-4H3,(H,28,30)(H,31,32). The van der Waals surface area contributed by atoms with Gasteiger partial charge in [-0.25, -0.2) is 0 Å². The van der Waals surface area contributed by atoms with E-state index in [1.54, 1.807) is 6.92 Å². The van der Waals surface area contributed by atoms with Crippen molar-refractivity contribution in [1.29, 1.82) is 0 Å². The lowest BCUT2D eigenvalue weighted by Gasteiger charge is -2.40. The second-order valence-corrected chi connectivity index (χ2v) is 11.2. The van der Waals surface area contributed by atoms with Gasteiger partial charge >= 0.3 is 5.97 Å². The number of hydrogen-bond acceptors (Lipinski definition) is 4. The molecule has 3 aliphatic rings. The van der Waals surface area contributed by atoms with Crippen LogP contribution in [-0.2, 0) is 14.4 Å². The van der Waals surface area contributed by atoms with Crippen molar-refractivity contribution < 1.29 is 19.5 Å². The Morgan fingerprint density at radius 3 is 1.91 bits per heavy atom. The molecular weight excluding hydrogens is 404 g/mol. The van der Waals surface area contributed by atoms with Gasteiger partial charge in [0.15, 0.2) is 0 Å². The average molecular weight is 449 g/mol. The molecule has 0 heterocycles. The molecule has 9 unspecified atom stereocenters. The lowest BCUT2D eigenvalue weighted by molar-refractivity contribution is -0.151. The first-order chi connectivity index (χ1) is 15.2. The van der Waals surface area contributed by atoms with E-state index in [2.05, 4.69) is 31.5 Å². The van der Waals surface area contributed by atoms with Gasteiger partial charge in [0.1, 0.15) is 5.78 Å². The molecule has 0 radical (unpaired) electrons. The highest BCUT2D eigenvalue weighted by Gasteiger charge is 2.42. The zero-order chi connectivity index (χ0) is 23.4. The van der Waals surface area contributed by atoms with Crippen molar-refractivity contribution in [1.82, 2.24) is 10.6 Å². The van der Waals surface area contributed by atoms with E-state index < -0.39 is 17.8 Å². The third kappa shape index (κ3) is 6.12. The Morgan fingerprint density at radius 1 is 0.812 bits per heavy atom. The number of ketones is 1. The Balaban J connectivity index is 1.51. The first-order valence-electron chi connectivity index (χ1n) is 12.9. The van der Waals surface area contributed by atoms with E-state index in [-0.39, 0.29) is 23.7 Å². The van der Waals surface area contributed by atoms with E-state index in [0.717, 1.165) is 37.0 Å². The van der Waals surface area contributed by atoms with Crippen LogP contribution in [0.5, 0.6) is 0 Å². The Kier molecular flexibility index (Phi) is 8.76. The minimum absolute atomic E-state index is 0.0681. The molecule has 3 saturated carbocycles. The number of aliphatic carboxylic acids is 1. The van der Waals surface area contributed by atoms with Crippen LogP contribution in [0.15, 0.2) is 0 Å². The van der Waals surface area contributed by atoms with Gasteiger partial charge in [0.05, 0.1) is 11.8 Å². The van der Waals surface area contributed by atoms with Gasteiger partial charge in [0, 0.05) is 18.0 Å². The first kappa shape index (κ1) is 25.2. The van der Waals surface area contributed by atoms with Gasteiger partial charge in [-0.3, -0.25) is 14.4 Å². The topological polar surface area (TPSA) is 95.5 Å². The lowest BCUT2D eigenvalue weighted by Crippen LogP contribution is -2.49. The normalized spacial score (nSPS) is 40.4. The molecule has 3 fully saturated rings. The van der Waals surface area contributed by atoms with Crippen LogP contribution in [0, 0.1) is 41.4 Å². The number of carbonyl (C=O) groups excluding carboxylic acids is 2. The molecule has 6 heteroatoms. The Morgan fingerprint density at radius 2 is 1.41 bits per heavy atom. The van der Waals surface area contributed by atoms with Gasteiger partial charge in [0.25, 0.3) is 0 Å². The Hall–Kier alpha value is -1.43. The summed E-state index contributed by atoms with van der Waals surface area (Å²) in [4.78, 5) is 36.7. The molecule has 32 heavy (non-hydrogen) atoms. The molecule has 3 N–H and O–H groups in total. The second kappa shape index (κ2) is 11.1. The summed E-state index contributed by atoms with van der Waals surface area (Å²) in [7, 11) is 2.07. The van der Waals surface area contributed by atoms with E-state index >= 15 is 0 Å². The van der Waals surface area contributed by atoms with Crippen LogP contribution in [-0.4, -0.2) is 41.9 Å². The van der Waals surface area contributed by atoms with E-state index in [4.69, 9.17) is 0 Å². The maximum absolute atomic E-state index is 13.1. The Bertz CT molecular complexity index is 681. The van der Waals surface area contributed by atoms with E-state index in [1.807, 2.05) is 0 Å². The summed E-state index contributed by atoms with van der Waals surface area (Å²) in [5.74, 6) is 0.237. The molecule has 0 bridgehead atoms. The minimum atomic E-state index is -0.911. The van der Waals surface area contributed by atoms with Crippen molar-refractivity contribution >= 4 is 17.7 Å². The molecule has 0 spiro atoms. The highest BCUT2D eigenvalue weighted by molar-refractivity contribution is 5.87. The van der Waals surface area contributed by atoms with Crippen molar-refractivity contribution in [2.24, 2.45) is 41.4 Å². The number of rotatable bonds is 7. The molecule has 0 aromatic rings. The van der Waals surface area contributed by atoms with E-state index in [9.17, 15) is 19.5 Å². The number of amides is 1. The predicted molar refractivity (Wildman–Crippen MR) is 125 cm³/mol. The lowest BCUT2D eigenvalue weighted by atomic mass is 9.70. The molecule has 9 atom stereocenters. The van der Waals surface area contributed by atoms with Gasteiger partial charge in [-0.15, -0.1) is 0 Å². The summed E-state index contributed by atoms with van der Waals surface area (Å²) >= 11 is 0. The van der Waals surface area contributed by atoms with Crippen LogP contribution in [0.3, 0.4) is 0 Å². The van der Waals surface area contributed by atoms with Gasteiger partial charge < -0.3 is 15.7 Å². The highest BCUT2D eigenvalue weighted by Crippen LogP contribution is 2.40. The summed E-state index contributed by atoms with van der Waals surface area (Å²) in [5.41, 5.74) is 0. The number of hydrogen-bond donors (Lipinski definition) is 3. The van der Waals surface area contributed by atoms with Crippen LogP contribution in [0.1, 0.15) is 85.0 Å². The fourth-order valence-electron chi connectivity index (χ4n) is 6.97. The van der Waals surface area contributed by atoms with E-state index in [0.29, 0.717) is 31.2 Å². The predicted octanol–water partition coefficient (Wildman–Crippen LogP) is 4.03. The summed E-state index contributed by atoms with van der Waals surface area (Å²) in [5, 5.41) is 16.3. The van der Waals surface area contributed by atoms with Crippen molar-refractivity contribution in [3.8, 4) is 0 Å². The number of Topliss-reactive ketones (excluding diaryl/α,β-unsaturated/α-hetero) is 1. The molecule has 0 aromatic heterocycles. The molecule has 6 nitrogen and oxygen atoms in total. The van der Waals surface area contributed by atoms with Gasteiger partial charge in [-0.1, -0.05) is 13.8 Å². The molecule has 1 amide bonds. The zero-order valence-electron chi connectivity index (χ0n) is 20.4. The largest absolute Gasteiger partial charge is 0.481 e. The Labute approximate surface area is 193 Å². The van der Waals surface area contributed by atoms with Gasteiger partial charge in [0.2, 0.25) is 5.91 Å². The summed E-state index contributed by atoms with van der Waals surface area (Å²) in [6.45, 7) is 6.15. The third-order valence-corrected chi connectivity index (χ3v) is 9.00. The van der Waals surface area contributed by atoms with Crippen molar-refractivity contribution in [3.05, 3.63) is 0 Å². The molecular formula is C26H44N2O4. The average Bonchev–Trinajstić information content (AvgIpc) is 2.75. The van der Waals surface area contributed by atoms with Crippen LogP contribution in [0.4, 0.5) is 0 Å². The van der Waals surface area contributed by atoms with Crippen LogP contribution >= 0.6 is 0 Å². The van der Waals surface area contributed by atoms with Crippen molar-refractivity contribution in [2.45, 2.75) is 97.1 Å². The summed E-state index contributed by atoms with van der Waals surface area (Å²) < 4.78 is 0. The SMILES string of the molecule is CNC1CCC(CC2CCC(NC(=O)C3CC(C(C)=O)CCC3C(=O)O)C(C)C2)CC1C.